The van der Waals surface area contributed by atoms with E-state index in [1.807, 2.05) is 0 Å². The zero-order valence-corrected chi connectivity index (χ0v) is 9.63. The van der Waals surface area contributed by atoms with Crippen molar-refractivity contribution in [3.05, 3.63) is 30.1 Å². The molecule has 1 aromatic heterocycles. The van der Waals surface area contributed by atoms with E-state index in [0.29, 0.717) is 25.1 Å². The van der Waals surface area contributed by atoms with E-state index in [-0.39, 0.29) is 17.8 Å². The van der Waals surface area contributed by atoms with Crippen LogP contribution in [0, 0.1) is 5.92 Å². The molecule has 90 valence electrons. The van der Waals surface area contributed by atoms with Crippen LogP contribution in [0.1, 0.15) is 16.8 Å². The van der Waals surface area contributed by atoms with E-state index < -0.39 is 0 Å². The Bertz CT molecular complexity index is 419. The van der Waals surface area contributed by atoms with Crippen molar-refractivity contribution in [3.8, 4) is 0 Å². The smallest absolute Gasteiger partial charge is 0.310 e. The molecule has 1 fully saturated rings. The number of methoxy groups -OCH3 is 1. The molecule has 0 radical (unpaired) electrons. The number of likely N-dealkylation sites (tertiary alicyclic amines) is 1. The fourth-order valence-corrected chi connectivity index (χ4v) is 1.98. The lowest BCUT2D eigenvalue weighted by Crippen LogP contribution is -2.30. The van der Waals surface area contributed by atoms with Crippen LogP contribution in [0.2, 0.25) is 0 Å². The van der Waals surface area contributed by atoms with Gasteiger partial charge in [0, 0.05) is 25.5 Å². The van der Waals surface area contributed by atoms with Crippen molar-refractivity contribution in [2.75, 3.05) is 20.2 Å². The molecule has 1 atom stereocenters. The van der Waals surface area contributed by atoms with Crippen molar-refractivity contribution in [3.63, 3.8) is 0 Å². The first-order chi connectivity index (χ1) is 8.22. The summed E-state index contributed by atoms with van der Waals surface area (Å²) in [5, 5.41) is 0. The summed E-state index contributed by atoms with van der Waals surface area (Å²) < 4.78 is 4.68. The lowest BCUT2D eigenvalue weighted by Gasteiger charge is -2.15. The molecule has 0 saturated carbocycles. The second kappa shape index (κ2) is 4.95. The number of carbonyl (C=O) groups excluding carboxylic acids is 2. The number of ether oxygens (including phenoxy) is 1. The van der Waals surface area contributed by atoms with Crippen LogP contribution in [0.5, 0.6) is 0 Å². The van der Waals surface area contributed by atoms with Crippen LogP contribution in [-0.2, 0) is 9.53 Å². The number of rotatable bonds is 2. The first-order valence-electron chi connectivity index (χ1n) is 5.49. The average molecular weight is 234 g/mol. The lowest BCUT2D eigenvalue weighted by atomic mass is 10.1. The average Bonchev–Trinajstić information content (AvgIpc) is 2.87. The zero-order chi connectivity index (χ0) is 12.3. The molecule has 1 aliphatic rings. The summed E-state index contributed by atoms with van der Waals surface area (Å²) in [6.07, 6.45) is 3.82. The molecule has 1 aromatic rings. The Morgan fingerprint density at radius 3 is 3.00 bits per heavy atom. The van der Waals surface area contributed by atoms with Gasteiger partial charge in [0.25, 0.3) is 5.91 Å². The summed E-state index contributed by atoms with van der Waals surface area (Å²) in [7, 11) is 1.37. The number of aromatic nitrogens is 1. The van der Waals surface area contributed by atoms with Crippen LogP contribution in [0.25, 0.3) is 0 Å². The van der Waals surface area contributed by atoms with Gasteiger partial charge in [-0.2, -0.15) is 0 Å². The topological polar surface area (TPSA) is 59.5 Å². The van der Waals surface area contributed by atoms with Gasteiger partial charge in [-0.05, 0) is 18.6 Å². The molecule has 1 saturated heterocycles. The summed E-state index contributed by atoms with van der Waals surface area (Å²) in [4.78, 5) is 29.0. The molecule has 2 heterocycles. The largest absolute Gasteiger partial charge is 0.469 e. The highest BCUT2D eigenvalue weighted by Gasteiger charge is 2.31. The zero-order valence-electron chi connectivity index (χ0n) is 9.63. The first kappa shape index (κ1) is 11.6. The summed E-state index contributed by atoms with van der Waals surface area (Å²) in [5.41, 5.74) is 0.554. The van der Waals surface area contributed by atoms with Gasteiger partial charge in [0.15, 0.2) is 0 Å². The van der Waals surface area contributed by atoms with Gasteiger partial charge in [-0.1, -0.05) is 0 Å². The summed E-state index contributed by atoms with van der Waals surface area (Å²) >= 11 is 0. The number of amides is 1. The monoisotopic (exact) mass is 234 g/mol. The normalized spacial score (nSPS) is 19.1. The fourth-order valence-electron chi connectivity index (χ4n) is 1.98. The molecule has 0 aliphatic carbocycles. The highest BCUT2D eigenvalue weighted by Crippen LogP contribution is 2.19. The molecular weight excluding hydrogens is 220 g/mol. The van der Waals surface area contributed by atoms with E-state index in [9.17, 15) is 9.59 Å². The Labute approximate surface area is 99.4 Å². The van der Waals surface area contributed by atoms with Crippen LogP contribution < -0.4 is 0 Å². The van der Waals surface area contributed by atoms with E-state index in [0.717, 1.165) is 0 Å². The van der Waals surface area contributed by atoms with Crippen molar-refractivity contribution in [1.82, 2.24) is 9.88 Å². The third-order valence-electron chi connectivity index (χ3n) is 2.92. The van der Waals surface area contributed by atoms with Crippen LogP contribution in [-0.4, -0.2) is 42.0 Å². The van der Waals surface area contributed by atoms with Gasteiger partial charge in [-0.25, -0.2) is 0 Å². The van der Waals surface area contributed by atoms with Crippen molar-refractivity contribution in [2.45, 2.75) is 6.42 Å². The van der Waals surface area contributed by atoms with Crippen LogP contribution >= 0.6 is 0 Å². The maximum Gasteiger partial charge on any atom is 0.310 e. The Kier molecular flexibility index (Phi) is 3.37. The number of carbonyl (C=O) groups is 2. The predicted molar refractivity (Wildman–Crippen MR) is 60.3 cm³/mol. The van der Waals surface area contributed by atoms with Gasteiger partial charge < -0.3 is 9.64 Å². The minimum atomic E-state index is -0.244. The third kappa shape index (κ3) is 2.43. The molecule has 1 amide bonds. The number of hydrogen-bond donors (Lipinski definition) is 0. The quantitative estimate of drug-likeness (QED) is 0.707. The number of esters is 1. The van der Waals surface area contributed by atoms with Gasteiger partial charge >= 0.3 is 5.97 Å². The predicted octanol–water partition coefficient (Wildman–Crippen LogP) is 0.717. The molecule has 1 unspecified atom stereocenters. The third-order valence-corrected chi connectivity index (χ3v) is 2.92. The molecule has 5 heteroatoms. The summed E-state index contributed by atoms with van der Waals surface area (Å²) in [6.45, 7) is 1.02. The first-order valence-corrected chi connectivity index (χ1v) is 5.49. The minimum absolute atomic E-state index is 0.0792. The second-order valence-electron chi connectivity index (χ2n) is 4.00. The molecule has 0 spiro atoms. The number of pyridine rings is 1. The maximum absolute atomic E-state index is 12.0. The van der Waals surface area contributed by atoms with Gasteiger partial charge in [0.1, 0.15) is 0 Å². The van der Waals surface area contributed by atoms with Crippen molar-refractivity contribution in [1.29, 1.82) is 0 Å². The van der Waals surface area contributed by atoms with E-state index in [1.54, 1.807) is 23.2 Å². The van der Waals surface area contributed by atoms with Crippen molar-refractivity contribution in [2.24, 2.45) is 5.92 Å². The van der Waals surface area contributed by atoms with Gasteiger partial charge in [0.2, 0.25) is 0 Å². The van der Waals surface area contributed by atoms with Crippen molar-refractivity contribution < 1.29 is 14.3 Å². The minimum Gasteiger partial charge on any atom is -0.469 e. The van der Waals surface area contributed by atoms with E-state index in [4.69, 9.17) is 0 Å². The summed E-state index contributed by atoms with van der Waals surface area (Å²) in [5.74, 6) is -0.517. The van der Waals surface area contributed by atoms with Crippen LogP contribution in [0.3, 0.4) is 0 Å². The Balaban J connectivity index is 2.02. The van der Waals surface area contributed by atoms with Gasteiger partial charge in [0.05, 0.1) is 18.6 Å². The summed E-state index contributed by atoms with van der Waals surface area (Å²) in [6, 6.07) is 3.45. The van der Waals surface area contributed by atoms with Gasteiger partial charge in [-0.3, -0.25) is 14.6 Å². The lowest BCUT2D eigenvalue weighted by molar-refractivity contribution is -0.144. The maximum atomic E-state index is 12.0. The highest BCUT2D eigenvalue weighted by molar-refractivity contribution is 5.94. The van der Waals surface area contributed by atoms with E-state index >= 15 is 0 Å². The fraction of sp³-hybridized carbons (Fsp3) is 0.417. The molecule has 2 rings (SSSR count). The molecule has 17 heavy (non-hydrogen) atoms. The highest BCUT2D eigenvalue weighted by atomic mass is 16.5. The Morgan fingerprint density at radius 2 is 2.35 bits per heavy atom. The molecule has 0 bridgehead atoms. The van der Waals surface area contributed by atoms with Crippen molar-refractivity contribution >= 4 is 11.9 Å². The Morgan fingerprint density at radius 1 is 1.53 bits per heavy atom. The molecule has 0 N–H and O–H groups in total. The standard InChI is InChI=1S/C12H14N2O3/c1-17-12(16)10-4-6-14(8-10)11(15)9-3-2-5-13-7-9/h2-3,5,7,10H,4,6,8H2,1H3. The second-order valence-corrected chi connectivity index (χ2v) is 4.00. The van der Waals surface area contributed by atoms with E-state index in [2.05, 4.69) is 9.72 Å². The number of hydrogen-bond acceptors (Lipinski definition) is 4. The molecule has 0 aromatic carbocycles. The SMILES string of the molecule is COC(=O)C1CCN(C(=O)c2cccnc2)C1. The van der Waals surface area contributed by atoms with E-state index in [1.165, 1.54) is 13.3 Å². The molecular formula is C12H14N2O3. The molecule has 1 aliphatic heterocycles. The molecule has 5 nitrogen and oxygen atoms in total. The van der Waals surface area contributed by atoms with Gasteiger partial charge in [-0.15, -0.1) is 0 Å². The number of nitrogens with zero attached hydrogens (tertiary/aromatic N) is 2. The van der Waals surface area contributed by atoms with Crippen LogP contribution in [0.15, 0.2) is 24.5 Å². The van der Waals surface area contributed by atoms with Crippen LogP contribution in [0.4, 0.5) is 0 Å². The Hall–Kier alpha value is -1.91.